The predicted molar refractivity (Wildman–Crippen MR) is 56.5 cm³/mol. The van der Waals surface area contributed by atoms with E-state index in [0.717, 1.165) is 12.8 Å². The highest BCUT2D eigenvalue weighted by Crippen LogP contribution is 2.24. The predicted octanol–water partition coefficient (Wildman–Crippen LogP) is 2.66. The fourth-order valence-corrected chi connectivity index (χ4v) is 1.93. The third-order valence-electron chi connectivity index (χ3n) is 2.75. The van der Waals surface area contributed by atoms with E-state index < -0.39 is 0 Å². The van der Waals surface area contributed by atoms with Crippen molar-refractivity contribution in [1.82, 2.24) is 4.98 Å². The van der Waals surface area contributed by atoms with Gasteiger partial charge in [0.25, 0.3) is 0 Å². The van der Waals surface area contributed by atoms with E-state index in [4.69, 9.17) is 10.00 Å². The van der Waals surface area contributed by atoms with Gasteiger partial charge in [-0.2, -0.15) is 5.26 Å². The van der Waals surface area contributed by atoms with Crippen LogP contribution >= 0.6 is 0 Å². The minimum absolute atomic E-state index is 0.285. The third-order valence-corrected chi connectivity index (χ3v) is 2.75. The highest BCUT2D eigenvalue weighted by Gasteiger charge is 2.16. The fraction of sp³-hybridized carbons (Fsp3) is 0.500. The number of nitriles is 1. The molecule has 3 nitrogen and oxygen atoms in total. The van der Waals surface area contributed by atoms with Crippen molar-refractivity contribution in [3.63, 3.8) is 0 Å². The Morgan fingerprint density at radius 1 is 1.33 bits per heavy atom. The van der Waals surface area contributed by atoms with Crippen LogP contribution in [0.25, 0.3) is 0 Å². The van der Waals surface area contributed by atoms with Crippen LogP contribution in [-0.4, -0.2) is 11.1 Å². The molecule has 15 heavy (non-hydrogen) atoms. The van der Waals surface area contributed by atoms with E-state index in [1.165, 1.54) is 19.3 Å². The Hall–Kier alpha value is -1.56. The van der Waals surface area contributed by atoms with Crippen molar-refractivity contribution in [2.24, 2.45) is 0 Å². The molecule has 1 heterocycles. The molecule has 0 amide bonds. The van der Waals surface area contributed by atoms with E-state index in [1.807, 2.05) is 0 Å². The fourth-order valence-electron chi connectivity index (χ4n) is 1.93. The van der Waals surface area contributed by atoms with E-state index in [2.05, 4.69) is 11.1 Å². The van der Waals surface area contributed by atoms with Gasteiger partial charge in [0.15, 0.2) is 0 Å². The summed E-state index contributed by atoms with van der Waals surface area (Å²) in [6, 6.07) is 3.87. The van der Waals surface area contributed by atoms with Gasteiger partial charge in [0.1, 0.15) is 17.4 Å². The number of ether oxygens (including phenoxy) is 1. The molecule has 0 bridgehead atoms. The minimum atomic E-state index is 0.285. The molecule has 1 saturated carbocycles. The summed E-state index contributed by atoms with van der Waals surface area (Å²) >= 11 is 0. The number of hydrogen-bond acceptors (Lipinski definition) is 3. The van der Waals surface area contributed by atoms with Crippen LogP contribution in [0, 0.1) is 11.3 Å². The average Bonchev–Trinajstić information content (AvgIpc) is 2.31. The molecular formula is C12H14N2O. The molecule has 0 aliphatic heterocycles. The van der Waals surface area contributed by atoms with Gasteiger partial charge in [-0.1, -0.05) is 6.42 Å². The zero-order valence-corrected chi connectivity index (χ0v) is 8.65. The summed E-state index contributed by atoms with van der Waals surface area (Å²) in [6.07, 6.45) is 9.49. The zero-order chi connectivity index (χ0) is 10.5. The summed E-state index contributed by atoms with van der Waals surface area (Å²) in [5, 5.41) is 8.88. The summed E-state index contributed by atoms with van der Waals surface area (Å²) in [7, 11) is 0. The van der Waals surface area contributed by atoms with Crippen LogP contribution in [0.15, 0.2) is 18.5 Å². The third kappa shape index (κ3) is 2.47. The molecule has 0 spiro atoms. The number of pyridine rings is 1. The first-order chi connectivity index (χ1) is 7.40. The summed E-state index contributed by atoms with van der Waals surface area (Å²) in [5.41, 5.74) is 0.531. The molecule has 0 aromatic carbocycles. The Morgan fingerprint density at radius 2 is 2.13 bits per heavy atom. The monoisotopic (exact) mass is 202 g/mol. The maximum Gasteiger partial charge on any atom is 0.140 e. The molecule has 1 aliphatic carbocycles. The highest BCUT2D eigenvalue weighted by atomic mass is 16.5. The van der Waals surface area contributed by atoms with Crippen molar-refractivity contribution < 1.29 is 4.74 Å². The lowest BCUT2D eigenvalue weighted by Gasteiger charge is -2.23. The first kappa shape index (κ1) is 9.97. The van der Waals surface area contributed by atoms with Gasteiger partial charge in [-0.3, -0.25) is 4.98 Å². The molecular weight excluding hydrogens is 188 g/mol. The topological polar surface area (TPSA) is 45.9 Å². The number of nitrogens with zero attached hydrogens (tertiary/aromatic N) is 2. The second-order valence-corrected chi connectivity index (χ2v) is 3.86. The minimum Gasteiger partial charge on any atom is -0.489 e. The average molecular weight is 202 g/mol. The highest BCUT2D eigenvalue weighted by molar-refractivity contribution is 5.40. The van der Waals surface area contributed by atoms with E-state index >= 15 is 0 Å². The quantitative estimate of drug-likeness (QED) is 0.740. The van der Waals surface area contributed by atoms with E-state index in [0.29, 0.717) is 11.3 Å². The lowest BCUT2D eigenvalue weighted by Crippen LogP contribution is -2.20. The maximum atomic E-state index is 8.88. The number of aromatic nitrogens is 1. The first-order valence-corrected chi connectivity index (χ1v) is 5.41. The molecule has 3 heteroatoms. The Morgan fingerprint density at radius 3 is 2.87 bits per heavy atom. The molecule has 0 unspecified atom stereocenters. The Bertz CT molecular complexity index is 364. The van der Waals surface area contributed by atoms with E-state index in [9.17, 15) is 0 Å². The smallest absolute Gasteiger partial charge is 0.140 e. The molecule has 1 aromatic rings. The first-order valence-electron chi connectivity index (χ1n) is 5.41. The molecule has 1 fully saturated rings. The van der Waals surface area contributed by atoms with Crippen LogP contribution in [0.3, 0.4) is 0 Å². The lowest BCUT2D eigenvalue weighted by molar-refractivity contribution is 0.154. The van der Waals surface area contributed by atoms with Crippen molar-refractivity contribution in [2.75, 3.05) is 0 Å². The Kier molecular flexibility index (Phi) is 3.18. The Balaban J connectivity index is 2.06. The normalized spacial score (nSPS) is 17.0. The molecule has 0 saturated heterocycles. The molecule has 2 rings (SSSR count). The second kappa shape index (κ2) is 4.79. The molecule has 1 aromatic heterocycles. The summed E-state index contributed by atoms with van der Waals surface area (Å²) in [6.45, 7) is 0. The SMILES string of the molecule is N#Cc1cnccc1OC1CCCCC1. The van der Waals surface area contributed by atoms with Crippen molar-refractivity contribution in [3.8, 4) is 11.8 Å². The maximum absolute atomic E-state index is 8.88. The van der Waals surface area contributed by atoms with Gasteiger partial charge < -0.3 is 4.74 Å². The van der Waals surface area contributed by atoms with Crippen LogP contribution in [0.2, 0.25) is 0 Å². The summed E-state index contributed by atoms with van der Waals surface area (Å²) in [5.74, 6) is 0.680. The summed E-state index contributed by atoms with van der Waals surface area (Å²) < 4.78 is 5.81. The van der Waals surface area contributed by atoms with Crippen LogP contribution in [0.1, 0.15) is 37.7 Å². The van der Waals surface area contributed by atoms with Crippen molar-refractivity contribution in [3.05, 3.63) is 24.0 Å². The summed E-state index contributed by atoms with van der Waals surface area (Å²) in [4.78, 5) is 3.91. The van der Waals surface area contributed by atoms with Gasteiger partial charge in [0.2, 0.25) is 0 Å². The van der Waals surface area contributed by atoms with E-state index in [1.54, 1.807) is 18.5 Å². The van der Waals surface area contributed by atoms with Crippen molar-refractivity contribution in [1.29, 1.82) is 5.26 Å². The zero-order valence-electron chi connectivity index (χ0n) is 8.65. The number of rotatable bonds is 2. The lowest BCUT2D eigenvalue weighted by atomic mass is 9.98. The van der Waals surface area contributed by atoms with Crippen LogP contribution in [0.4, 0.5) is 0 Å². The van der Waals surface area contributed by atoms with Gasteiger partial charge in [-0.25, -0.2) is 0 Å². The molecule has 0 atom stereocenters. The van der Waals surface area contributed by atoms with Gasteiger partial charge in [-0.15, -0.1) is 0 Å². The molecule has 78 valence electrons. The van der Waals surface area contributed by atoms with Crippen LogP contribution in [0.5, 0.6) is 5.75 Å². The van der Waals surface area contributed by atoms with E-state index in [-0.39, 0.29) is 6.10 Å². The van der Waals surface area contributed by atoms with Gasteiger partial charge >= 0.3 is 0 Å². The van der Waals surface area contributed by atoms with Crippen LogP contribution < -0.4 is 4.74 Å². The number of hydrogen-bond donors (Lipinski definition) is 0. The largest absolute Gasteiger partial charge is 0.489 e. The molecule has 0 N–H and O–H groups in total. The van der Waals surface area contributed by atoms with Crippen molar-refractivity contribution >= 4 is 0 Å². The van der Waals surface area contributed by atoms with Gasteiger partial charge in [0.05, 0.1) is 6.10 Å². The Labute approximate surface area is 89.7 Å². The van der Waals surface area contributed by atoms with Crippen molar-refractivity contribution in [2.45, 2.75) is 38.2 Å². The van der Waals surface area contributed by atoms with Gasteiger partial charge in [-0.05, 0) is 31.7 Å². The second-order valence-electron chi connectivity index (χ2n) is 3.86. The molecule has 1 aliphatic rings. The van der Waals surface area contributed by atoms with Gasteiger partial charge in [0, 0.05) is 12.4 Å². The van der Waals surface area contributed by atoms with Crippen LogP contribution in [-0.2, 0) is 0 Å². The standard InChI is InChI=1S/C12H14N2O/c13-8-10-9-14-7-6-12(10)15-11-4-2-1-3-5-11/h6-7,9,11H,1-5H2. The molecule has 0 radical (unpaired) electrons.